The molecule has 14 heteroatoms. The molecule has 15 rings (SSSR count). The van der Waals surface area contributed by atoms with Gasteiger partial charge < -0.3 is 0 Å². The van der Waals surface area contributed by atoms with E-state index in [2.05, 4.69) is 0 Å². The number of fused-ring (bicyclic) bond motifs is 24. The van der Waals surface area contributed by atoms with Gasteiger partial charge in [0.1, 0.15) is 0 Å². The minimum atomic E-state index is -2.66. The number of aryl methyl sites for hydroxylation is 2. The number of rotatable bonds is 2. The molecule has 0 unspecified atom stereocenters. The van der Waals surface area contributed by atoms with E-state index >= 15 is 0 Å². The first-order valence-electron chi connectivity index (χ1n) is 30.3. The molecule has 0 atom stereocenters. The van der Waals surface area contributed by atoms with Crippen LogP contribution >= 0.6 is 0 Å². The standard InChI is InChI=1S/C62H50N12.2Pt/c1-43-29-49(71-41-67(5)55-23-9-13-27-59(55)71)35-51(31-43)73(47-19-15-17-45(33-47)69-39-65(3)53-21-7-11-25-57(53)69)61-37-64-62(38-63-61)74(48-20-16-18-46(34-48)70-40-66(4)54-22-8-12-26-58(54)70)52-32-44(2)30-50(36-52)72-42-68(6)56-24-10-14-28-60(56)72;;/h7-38H,1-6H3;;/i3D3,4D3,5D3,6D3;;. The van der Waals surface area contributed by atoms with Crippen molar-refractivity contribution in [1.29, 1.82) is 0 Å². The zero-order valence-corrected chi connectivity index (χ0v) is 45.0. The molecule has 0 spiro atoms. The van der Waals surface area contributed by atoms with Crippen molar-refractivity contribution in [2.75, 3.05) is 76.9 Å². The first kappa shape index (κ1) is 34.3. The quantitative estimate of drug-likeness (QED) is 0.166. The van der Waals surface area contributed by atoms with E-state index in [0.29, 0.717) is 119 Å². The maximum absolute atomic E-state index is 9.07. The number of anilines is 18. The summed E-state index contributed by atoms with van der Waals surface area (Å²) in [5.41, 5.74) is 11.4. The molecule has 0 radical (unpaired) electrons. The second kappa shape index (κ2) is 17.1. The van der Waals surface area contributed by atoms with Gasteiger partial charge in [0.05, 0.1) is 0 Å². The van der Waals surface area contributed by atoms with E-state index in [0.717, 1.165) is 11.1 Å². The molecule has 0 aliphatic carbocycles. The molecule has 8 aromatic carbocycles. The number of nitrogens with zero attached hydrogens (tertiary/aromatic N) is 12. The van der Waals surface area contributed by atoms with Gasteiger partial charge in [-0.05, 0) is 0 Å². The monoisotopic (exact) mass is 1360 g/mol. The SMILES string of the molecule is [2H]C([2H])([2H])N1[C]2=[Pt]=[C]3N(c4cc(C)cc(c4)N(c4cnc(N5c6cccc(c6)N6[C](=[Pt]=[C]7N(c8cc(C)cc5c8)c5ccccc5N7C([2H])([2H])[2H])N(C([2H])([2H])[2H])c5ccccc56)cn4)c4cccc(c4)N2c2ccccc21)c1ccccc1N3C([2H])([2H])[2H]. The van der Waals surface area contributed by atoms with Gasteiger partial charge in [-0.15, -0.1) is 0 Å². The molecule has 76 heavy (non-hydrogen) atoms. The number of aromatic nitrogens is 2. The van der Waals surface area contributed by atoms with Crippen molar-refractivity contribution in [2.24, 2.45) is 0 Å². The summed E-state index contributed by atoms with van der Waals surface area (Å²) in [5, 5.41) is 0. The third-order valence-corrected chi connectivity index (χ3v) is 20.1. The van der Waals surface area contributed by atoms with E-state index in [1.165, 1.54) is 19.6 Å². The van der Waals surface area contributed by atoms with Crippen molar-refractivity contribution in [3.8, 4) is 0 Å². The number of benzene rings is 8. The summed E-state index contributed by atoms with van der Waals surface area (Å²) in [6.45, 7) is -6.68. The van der Waals surface area contributed by atoms with Crippen LogP contribution < -0.4 is 49.0 Å². The molecule has 378 valence electrons. The number of hydrogen-bond donors (Lipinski definition) is 0. The summed E-state index contributed by atoms with van der Waals surface area (Å²) in [6, 6.07) is 57.1. The first-order valence-corrected chi connectivity index (χ1v) is 28.8. The normalized spacial score (nSPS) is 19.0. The van der Waals surface area contributed by atoms with Crippen LogP contribution in [-0.2, 0) is 35.3 Å². The van der Waals surface area contributed by atoms with Gasteiger partial charge in [-0.3, -0.25) is 0 Å². The summed E-state index contributed by atoms with van der Waals surface area (Å²) in [5.74, 6) is 0.833. The van der Waals surface area contributed by atoms with Crippen LogP contribution in [0.3, 0.4) is 0 Å². The Kier molecular flexibility index (Phi) is 7.72. The van der Waals surface area contributed by atoms with Crippen molar-refractivity contribution in [2.45, 2.75) is 13.8 Å². The molecule has 0 amide bonds. The average Bonchev–Trinajstić information content (AvgIpc) is 1.60. The summed E-state index contributed by atoms with van der Waals surface area (Å²) >= 11 is -3.35. The Balaban J connectivity index is 0.945. The third-order valence-electron chi connectivity index (χ3n) is 14.0. The van der Waals surface area contributed by atoms with Crippen LogP contribution in [0, 0.1) is 13.8 Å². The van der Waals surface area contributed by atoms with E-state index in [1.807, 2.05) is 189 Å². The van der Waals surface area contributed by atoms with Crippen molar-refractivity contribution < 1.29 is 51.7 Å². The van der Waals surface area contributed by atoms with Crippen molar-refractivity contribution in [1.82, 2.24) is 9.97 Å². The molecule has 6 aliphatic rings. The van der Waals surface area contributed by atoms with Gasteiger partial charge in [-0.25, -0.2) is 0 Å². The molecule has 12 nitrogen and oxygen atoms in total. The Morgan fingerprint density at radius 1 is 0.303 bits per heavy atom. The van der Waals surface area contributed by atoms with Gasteiger partial charge in [-0.2, -0.15) is 0 Å². The van der Waals surface area contributed by atoms with Crippen LogP contribution in [0.15, 0.2) is 194 Å². The second-order valence-corrected chi connectivity index (χ2v) is 24.0. The molecule has 8 bridgehead atoms. The molecule has 7 heterocycles. The first-order chi connectivity index (χ1) is 42.0. The van der Waals surface area contributed by atoms with Gasteiger partial charge in [0, 0.05) is 0 Å². The summed E-state index contributed by atoms with van der Waals surface area (Å²) < 4.78 is 110. The Hall–Kier alpha value is -8.30. The van der Waals surface area contributed by atoms with Crippen LogP contribution in [0.2, 0.25) is 0 Å². The predicted octanol–water partition coefficient (Wildman–Crippen LogP) is 12.9. The van der Waals surface area contributed by atoms with Crippen molar-refractivity contribution in [3.05, 3.63) is 206 Å². The van der Waals surface area contributed by atoms with Gasteiger partial charge in [0.25, 0.3) is 0 Å². The molecular weight excluding hydrogens is 1300 g/mol. The molecule has 0 saturated heterocycles. The summed E-state index contributed by atoms with van der Waals surface area (Å²) in [4.78, 5) is 28.0. The summed E-state index contributed by atoms with van der Waals surface area (Å²) in [7, 11) is 0. The minimum absolute atomic E-state index is 0.416. The maximum atomic E-state index is 9.07. The third kappa shape index (κ3) is 6.76. The van der Waals surface area contributed by atoms with Crippen LogP contribution in [0.5, 0.6) is 0 Å². The van der Waals surface area contributed by atoms with Crippen molar-refractivity contribution in [3.63, 3.8) is 0 Å². The molecule has 0 fully saturated rings. The Labute approximate surface area is 474 Å². The Bertz CT molecular complexity index is 4290. The van der Waals surface area contributed by atoms with E-state index in [-0.39, 0.29) is 0 Å². The Morgan fingerprint density at radius 3 is 0.868 bits per heavy atom. The van der Waals surface area contributed by atoms with Crippen molar-refractivity contribution >= 4 is 119 Å². The molecule has 6 aliphatic heterocycles. The Morgan fingerprint density at radius 2 is 0.566 bits per heavy atom. The van der Waals surface area contributed by atoms with E-state index in [9.17, 15) is 0 Å². The molecule has 1 aromatic heterocycles. The van der Waals surface area contributed by atoms with Gasteiger partial charge >= 0.3 is 477 Å². The fourth-order valence-electron chi connectivity index (χ4n) is 10.8. The zero-order chi connectivity index (χ0) is 61.1. The van der Waals surface area contributed by atoms with Gasteiger partial charge in [0.2, 0.25) is 0 Å². The topological polar surface area (TPSA) is 58.2 Å². The molecule has 0 saturated carbocycles. The summed E-state index contributed by atoms with van der Waals surface area (Å²) in [6.07, 6.45) is 3.41. The molecular formula is C62H50N12Pt2. The predicted molar refractivity (Wildman–Crippen MR) is 309 cm³/mol. The van der Waals surface area contributed by atoms with E-state index in [1.54, 1.807) is 48.8 Å². The fourth-order valence-corrected chi connectivity index (χ4v) is 17.1. The number of hydrogen-bond acceptors (Lipinski definition) is 12. The van der Waals surface area contributed by atoms with E-state index < -0.39 is 63.2 Å². The number of para-hydroxylation sites is 8. The van der Waals surface area contributed by atoms with Crippen LogP contribution in [-0.4, -0.2) is 54.5 Å². The zero-order valence-electron chi connectivity index (χ0n) is 52.5. The van der Waals surface area contributed by atoms with Crippen LogP contribution in [0.1, 0.15) is 27.6 Å². The van der Waals surface area contributed by atoms with Gasteiger partial charge in [-0.1, -0.05) is 0 Å². The van der Waals surface area contributed by atoms with Gasteiger partial charge in [0.15, 0.2) is 0 Å². The van der Waals surface area contributed by atoms with E-state index in [4.69, 9.17) is 26.4 Å². The van der Waals surface area contributed by atoms with Crippen LogP contribution in [0.4, 0.5) is 103 Å². The average molecular weight is 1370 g/mol. The van der Waals surface area contributed by atoms with Crippen LogP contribution in [0.25, 0.3) is 0 Å². The fraction of sp³-hybridized carbons (Fsp3) is 0.0968. The molecule has 0 N–H and O–H groups in total. The second-order valence-electron chi connectivity index (χ2n) is 18.8. The molecule has 9 aromatic rings.